The normalized spacial score (nSPS) is 11.2. The lowest BCUT2D eigenvalue weighted by molar-refractivity contribution is -0.139. The van der Waals surface area contributed by atoms with E-state index in [1.54, 1.807) is 0 Å². The van der Waals surface area contributed by atoms with Gasteiger partial charge in [0.05, 0.1) is 6.61 Å². The van der Waals surface area contributed by atoms with E-state index in [0.29, 0.717) is 13.2 Å². The molecule has 0 aliphatic carbocycles. The summed E-state index contributed by atoms with van der Waals surface area (Å²) in [7, 11) is -1.47. The van der Waals surface area contributed by atoms with Crippen molar-refractivity contribution < 1.29 is 18.7 Å². The first-order valence-corrected chi connectivity index (χ1v) is 9.14. The van der Waals surface area contributed by atoms with E-state index < -0.39 is 14.3 Å². The first kappa shape index (κ1) is 16.3. The minimum atomic E-state index is -1.47. The van der Waals surface area contributed by atoms with E-state index in [2.05, 4.69) is 19.7 Å². The molecule has 0 heterocycles. The van der Waals surface area contributed by atoms with Gasteiger partial charge in [-0.2, -0.15) is 0 Å². The van der Waals surface area contributed by atoms with Crippen LogP contribution < -0.4 is 0 Å². The van der Waals surface area contributed by atoms with Gasteiger partial charge < -0.3 is 13.9 Å². The van der Waals surface area contributed by atoms with E-state index >= 15 is 0 Å². The molecule has 0 aromatic rings. The fourth-order valence-corrected chi connectivity index (χ4v) is 3.35. The predicted octanol–water partition coefficient (Wildman–Crippen LogP) is 2.36. The molecule has 0 rings (SSSR count). The highest BCUT2D eigenvalue weighted by atomic mass is 28.4. The number of rotatable bonds is 10. The van der Waals surface area contributed by atoms with Crippen LogP contribution in [0.1, 0.15) is 13.3 Å². The topological polar surface area (TPSA) is 44.8 Å². The molecule has 0 bridgehead atoms. The lowest BCUT2D eigenvalue weighted by Gasteiger charge is -2.21. The Hall–Kier alpha value is -0.653. The molecule has 0 spiro atoms. The van der Waals surface area contributed by atoms with Crippen molar-refractivity contribution in [3.05, 3.63) is 12.7 Å². The highest BCUT2D eigenvalue weighted by molar-refractivity contribution is 6.71. The standard InChI is InChI=1S/C12H24O4Si/c1-5-12(13)15-10-9-14-8-7-11-17(3,4)16-6-2/h5H,1,6-11H2,2-4H3. The summed E-state index contributed by atoms with van der Waals surface area (Å²) >= 11 is 0. The molecule has 0 aromatic heterocycles. The van der Waals surface area contributed by atoms with Gasteiger partial charge in [-0.1, -0.05) is 6.58 Å². The van der Waals surface area contributed by atoms with Gasteiger partial charge in [0.1, 0.15) is 6.61 Å². The van der Waals surface area contributed by atoms with Gasteiger partial charge >= 0.3 is 5.97 Å². The molecule has 5 heteroatoms. The Morgan fingerprint density at radius 1 is 1.29 bits per heavy atom. The maximum Gasteiger partial charge on any atom is 0.330 e. The Balaban J connectivity index is 3.34. The smallest absolute Gasteiger partial charge is 0.330 e. The van der Waals surface area contributed by atoms with Crippen molar-refractivity contribution in [3.63, 3.8) is 0 Å². The van der Waals surface area contributed by atoms with Crippen molar-refractivity contribution in [2.24, 2.45) is 0 Å². The molecule has 0 atom stereocenters. The van der Waals surface area contributed by atoms with Gasteiger partial charge in [-0.15, -0.1) is 0 Å². The minimum absolute atomic E-state index is 0.289. The summed E-state index contributed by atoms with van der Waals surface area (Å²) in [5, 5.41) is 0. The molecule has 0 aliphatic heterocycles. The van der Waals surface area contributed by atoms with Gasteiger partial charge in [-0.05, 0) is 32.5 Å². The molecule has 4 nitrogen and oxygen atoms in total. The fourth-order valence-electron chi connectivity index (χ4n) is 1.43. The van der Waals surface area contributed by atoms with E-state index in [-0.39, 0.29) is 6.61 Å². The third kappa shape index (κ3) is 10.2. The molecule has 0 unspecified atom stereocenters. The average Bonchev–Trinajstić information content (AvgIpc) is 2.27. The molecule has 0 saturated heterocycles. The van der Waals surface area contributed by atoms with Crippen LogP contribution in [-0.4, -0.2) is 40.7 Å². The first-order valence-electron chi connectivity index (χ1n) is 6.02. The maximum absolute atomic E-state index is 10.7. The highest BCUT2D eigenvalue weighted by Crippen LogP contribution is 2.13. The molecule has 100 valence electrons. The van der Waals surface area contributed by atoms with Crippen LogP contribution in [-0.2, 0) is 18.7 Å². The molecule has 0 aliphatic rings. The summed E-state index contributed by atoms with van der Waals surface area (Å²) in [5.41, 5.74) is 0. The van der Waals surface area contributed by atoms with Crippen LogP contribution in [0.3, 0.4) is 0 Å². The Morgan fingerprint density at radius 3 is 2.59 bits per heavy atom. The van der Waals surface area contributed by atoms with Gasteiger partial charge in [0, 0.05) is 19.3 Å². The number of carbonyl (C=O) groups excluding carboxylic acids is 1. The number of hydrogen-bond acceptors (Lipinski definition) is 4. The molecule has 17 heavy (non-hydrogen) atoms. The zero-order valence-electron chi connectivity index (χ0n) is 11.2. The first-order chi connectivity index (χ1) is 8.02. The molecule has 0 N–H and O–H groups in total. The van der Waals surface area contributed by atoms with E-state index in [4.69, 9.17) is 13.9 Å². The number of esters is 1. The molecular weight excluding hydrogens is 236 g/mol. The molecule has 0 amide bonds. The minimum Gasteiger partial charge on any atom is -0.460 e. The van der Waals surface area contributed by atoms with E-state index in [0.717, 1.165) is 25.1 Å². The summed E-state index contributed by atoms with van der Waals surface area (Å²) in [5.74, 6) is -0.404. The Bertz CT molecular complexity index is 229. The van der Waals surface area contributed by atoms with Crippen LogP contribution in [0.4, 0.5) is 0 Å². The summed E-state index contributed by atoms with van der Waals surface area (Å²) in [6.07, 6.45) is 2.14. The molecular formula is C12H24O4Si. The van der Waals surface area contributed by atoms with Crippen molar-refractivity contribution in [2.45, 2.75) is 32.5 Å². The van der Waals surface area contributed by atoms with Gasteiger partial charge in [0.25, 0.3) is 0 Å². The van der Waals surface area contributed by atoms with Crippen molar-refractivity contribution in [1.29, 1.82) is 0 Å². The number of ether oxygens (including phenoxy) is 2. The van der Waals surface area contributed by atoms with Gasteiger partial charge in [0.2, 0.25) is 0 Å². The Kier molecular flexibility index (Phi) is 9.02. The highest BCUT2D eigenvalue weighted by Gasteiger charge is 2.20. The van der Waals surface area contributed by atoms with Crippen LogP contribution in [0.5, 0.6) is 0 Å². The van der Waals surface area contributed by atoms with Crippen LogP contribution in [0.2, 0.25) is 19.1 Å². The number of hydrogen-bond donors (Lipinski definition) is 0. The van der Waals surface area contributed by atoms with E-state index in [1.165, 1.54) is 0 Å². The second kappa shape index (κ2) is 9.38. The van der Waals surface area contributed by atoms with E-state index in [9.17, 15) is 4.79 Å². The second-order valence-electron chi connectivity index (χ2n) is 4.28. The summed E-state index contributed by atoms with van der Waals surface area (Å²) < 4.78 is 15.8. The lowest BCUT2D eigenvalue weighted by Crippen LogP contribution is -2.30. The quantitative estimate of drug-likeness (QED) is 0.262. The van der Waals surface area contributed by atoms with Crippen LogP contribution in [0, 0.1) is 0 Å². The van der Waals surface area contributed by atoms with Crippen molar-refractivity contribution in [2.75, 3.05) is 26.4 Å². The maximum atomic E-state index is 10.7. The van der Waals surface area contributed by atoms with Gasteiger partial charge in [0.15, 0.2) is 8.32 Å². The summed E-state index contributed by atoms with van der Waals surface area (Å²) in [4.78, 5) is 10.7. The SMILES string of the molecule is C=CC(=O)OCCOCCC[Si](C)(C)OCC. The molecule has 0 radical (unpaired) electrons. The third-order valence-corrected chi connectivity index (χ3v) is 4.87. The second-order valence-corrected chi connectivity index (χ2v) is 8.59. The van der Waals surface area contributed by atoms with Crippen LogP contribution >= 0.6 is 0 Å². The number of carbonyl (C=O) groups is 1. The average molecular weight is 260 g/mol. The summed E-state index contributed by atoms with van der Waals surface area (Å²) in [6, 6.07) is 1.09. The lowest BCUT2D eigenvalue weighted by atomic mass is 10.5. The van der Waals surface area contributed by atoms with Crippen molar-refractivity contribution in [1.82, 2.24) is 0 Å². The summed E-state index contributed by atoms with van der Waals surface area (Å²) in [6.45, 7) is 12.0. The molecule has 0 aromatic carbocycles. The Labute approximate surface area is 105 Å². The predicted molar refractivity (Wildman–Crippen MR) is 70.5 cm³/mol. The van der Waals surface area contributed by atoms with Gasteiger partial charge in [-0.25, -0.2) is 4.79 Å². The third-order valence-electron chi connectivity index (χ3n) is 2.24. The molecule has 0 fully saturated rings. The zero-order chi connectivity index (χ0) is 13.1. The van der Waals surface area contributed by atoms with Crippen LogP contribution in [0.15, 0.2) is 12.7 Å². The van der Waals surface area contributed by atoms with Crippen LogP contribution in [0.25, 0.3) is 0 Å². The zero-order valence-corrected chi connectivity index (χ0v) is 12.2. The molecule has 0 saturated carbocycles. The van der Waals surface area contributed by atoms with Crippen molar-refractivity contribution in [3.8, 4) is 0 Å². The Morgan fingerprint density at radius 2 is 2.00 bits per heavy atom. The van der Waals surface area contributed by atoms with Gasteiger partial charge in [-0.3, -0.25) is 0 Å². The fraction of sp³-hybridized carbons (Fsp3) is 0.750. The van der Waals surface area contributed by atoms with Crippen molar-refractivity contribution >= 4 is 14.3 Å². The largest absolute Gasteiger partial charge is 0.460 e. The monoisotopic (exact) mass is 260 g/mol. The van der Waals surface area contributed by atoms with E-state index in [1.807, 2.05) is 6.92 Å².